The molecule has 0 spiro atoms. The van der Waals surface area contributed by atoms with Gasteiger partial charge in [-0.05, 0) is 36.1 Å². The molecule has 1 aromatic heterocycles. The van der Waals surface area contributed by atoms with Crippen molar-refractivity contribution in [1.29, 1.82) is 0 Å². The number of benzene rings is 1. The second-order valence-corrected chi connectivity index (χ2v) is 4.81. The van der Waals surface area contributed by atoms with Crippen LogP contribution in [0.5, 0.6) is 5.75 Å². The molecule has 18 heavy (non-hydrogen) atoms. The van der Waals surface area contributed by atoms with E-state index in [1.807, 2.05) is 18.5 Å². The third kappa shape index (κ3) is 2.37. The molecule has 0 atom stereocenters. The van der Waals surface area contributed by atoms with Crippen molar-refractivity contribution in [2.24, 2.45) is 0 Å². The Labute approximate surface area is 109 Å². The third-order valence-electron chi connectivity index (χ3n) is 3.22. The molecule has 94 valence electrons. The molecule has 2 aromatic rings. The first kappa shape index (κ1) is 12.6. The highest BCUT2D eigenvalue weighted by molar-refractivity contribution is 5.73. The largest absolute Gasteiger partial charge is 0.496 e. The number of pyridine rings is 1. The summed E-state index contributed by atoms with van der Waals surface area (Å²) >= 11 is 0. The molecule has 0 unspecified atom stereocenters. The molecule has 0 saturated carbocycles. The fourth-order valence-corrected chi connectivity index (χ4v) is 2.04. The van der Waals surface area contributed by atoms with Crippen molar-refractivity contribution in [3.63, 3.8) is 0 Å². The molecule has 2 rings (SSSR count). The van der Waals surface area contributed by atoms with Gasteiger partial charge in [-0.1, -0.05) is 26.0 Å². The Bertz CT molecular complexity index is 547. The van der Waals surface area contributed by atoms with Crippen LogP contribution in [0, 0.1) is 6.92 Å². The fourth-order valence-electron chi connectivity index (χ4n) is 2.04. The summed E-state index contributed by atoms with van der Waals surface area (Å²) in [4.78, 5) is 4.20. The van der Waals surface area contributed by atoms with Gasteiger partial charge in [0.2, 0.25) is 0 Å². The Kier molecular flexibility index (Phi) is 3.66. The Morgan fingerprint density at radius 2 is 1.89 bits per heavy atom. The molecule has 0 bridgehead atoms. The van der Waals surface area contributed by atoms with Gasteiger partial charge in [0.1, 0.15) is 5.75 Å². The lowest BCUT2D eigenvalue weighted by atomic mass is 9.96. The molecule has 2 nitrogen and oxygen atoms in total. The topological polar surface area (TPSA) is 22.1 Å². The Hall–Kier alpha value is -1.83. The number of ether oxygens (including phenoxy) is 1. The van der Waals surface area contributed by atoms with Gasteiger partial charge in [0.25, 0.3) is 0 Å². The van der Waals surface area contributed by atoms with Crippen LogP contribution >= 0.6 is 0 Å². The zero-order valence-corrected chi connectivity index (χ0v) is 11.4. The Morgan fingerprint density at radius 1 is 1.11 bits per heavy atom. The summed E-state index contributed by atoms with van der Waals surface area (Å²) in [6.45, 7) is 6.46. The summed E-state index contributed by atoms with van der Waals surface area (Å²) in [5.74, 6) is 1.42. The van der Waals surface area contributed by atoms with Crippen LogP contribution in [0.15, 0.2) is 36.7 Å². The number of hydrogen-bond donors (Lipinski definition) is 0. The first-order valence-electron chi connectivity index (χ1n) is 6.22. The summed E-state index contributed by atoms with van der Waals surface area (Å²) in [6.07, 6.45) is 3.70. The Morgan fingerprint density at radius 3 is 2.50 bits per heavy atom. The molecule has 2 heteroatoms. The van der Waals surface area contributed by atoms with Gasteiger partial charge in [-0.15, -0.1) is 0 Å². The maximum atomic E-state index is 5.52. The first-order valence-corrected chi connectivity index (χ1v) is 6.22. The van der Waals surface area contributed by atoms with Crippen molar-refractivity contribution in [3.05, 3.63) is 47.8 Å². The normalized spacial score (nSPS) is 10.7. The molecule has 1 aromatic carbocycles. The average molecular weight is 241 g/mol. The molecule has 0 saturated heterocycles. The van der Waals surface area contributed by atoms with E-state index in [2.05, 4.69) is 44.0 Å². The number of hydrogen-bond acceptors (Lipinski definition) is 2. The number of methoxy groups -OCH3 is 1. The standard InChI is InChI=1S/C16H19NO/c1-11(2)13-5-6-14(16(9-13)18-4)15-10-17-8-7-12(15)3/h5-11H,1-4H3. The highest BCUT2D eigenvalue weighted by atomic mass is 16.5. The van der Waals surface area contributed by atoms with Crippen LogP contribution in [-0.2, 0) is 0 Å². The number of nitrogens with zero attached hydrogens (tertiary/aromatic N) is 1. The van der Waals surface area contributed by atoms with Crippen LogP contribution in [0.1, 0.15) is 30.9 Å². The van der Waals surface area contributed by atoms with Gasteiger partial charge < -0.3 is 4.74 Å². The van der Waals surface area contributed by atoms with Crippen LogP contribution in [0.4, 0.5) is 0 Å². The first-order chi connectivity index (χ1) is 8.63. The van der Waals surface area contributed by atoms with Crippen molar-refractivity contribution in [2.45, 2.75) is 26.7 Å². The predicted molar refractivity (Wildman–Crippen MR) is 75.1 cm³/mol. The average Bonchev–Trinajstić information content (AvgIpc) is 2.38. The minimum absolute atomic E-state index is 0.503. The van der Waals surface area contributed by atoms with E-state index in [1.165, 1.54) is 11.1 Å². The molecule has 0 N–H and O–H groups in total. The fraction of sp³-hybridized carbons (Fsp3) is 0.312. The molecule has 0 amide bonds. The van der Waals surface area contributed by atoms with E-state index >= 15 is 0 Å². The minimum atomic E-state index is 0.503. The third-order valence-corrected chi connectivity index (χ3v) is 3.22. The minimum Gasteiger partial charge on any atom is -0.496 e. The van der Waals surface area contributed by atoms with Gasteiger partial charge in [0, 0.05) is 23.5 Å². The zero-order chi connectivity index (χ0) is 13.1. The molecular formula is C16H19NO. The summed E-state index contributed by atoms with van der Waals surface area (Å²) in [5, 5.41) is 0. The number of aromatic nitrogens is 1. The molecular weight excluding hydrogens is 222 g/mol. The maximum absolute atomic E-state index is 5.52. The van der Waals surface area contributed by atoms with Crippen molar-refractivity contribution >= 4 is 0 Å². The predicted octanol–water partition coefficient (Wildman–Crippen LogP) is 4.19. The van der Waals surface area contributed by atoms with Crippen molar-refractivity contribution in [1.82, 2.24) is 4.98 Å². The van der Waals surface area contributed by atoms with E-state index in [4.69, 9.17) is 4.74 Å². The molecule has 0 aliphatic heterocycles. The van der Waals surface area contributed by atoms with E-state index in [1.54, 1.807) is 7.11 Å². The summed E-state index contributed by atoms with van der Waals surface area (Å²) in [6, 6.07) is 8.42. The van der Waals surface area contributed by atoms with Gasteiger partial charge in [-0.2, -0.15) is 0 Å². The van der Waals surface area contributed by atoms with Gasteiger partial charge in [0.05, 0.1) is 7.11 Å². The highest BCUT2D eigenvalue weighted by Gasteiger charge is 2.10. The van der Waals surface area contributed by atoms with Crippen LogP contribution in [0.25, 0.3) is 11.1 Å². The highest BCUT2D eigenvalue weighted by Crippen LogP contribution is 2.33. The lowest BCUT2D eigenvalue weighted by molar-refractivity contribution is 0.415. The monoisotopic (exact) mass is 241 g/mol. The van der Waals surface area contributed by atoms with Crippen molar-refractivity contribution < 1.29 is 4.74 Å². The number of aryl methyl sites for hydroxylation is 1. The van der Waals surface area contributed by atoms with Crippen LogP contribution < -0.4 is 4.74 Å². The van der Waals surface area contributed by atoms with E-state index in [-0.39, 0.29) is 0 Å². The van der Waals surface area contributed by atoms with Gasteiger partial charge in [0.15, 0.2) is 0 Å². The zero-order valence-electron chi connectivity index (χ0n) is 11.4. The number of rotatable bonds is 3. The van der Waals surface area contributed by atoms with E-state index in [0.717, 1.165) is 16.9 Å². The van der Waals surface area contributed by atoms with Gasteiger partial charge in [-0.25, -0.2) is 0 Å². The summed E-state index contributed by atoms with van der Waals surface area (Å²) in [7, 11) is 1.72. The van der Waals surface area contributed by atoms with Crippen molar-refractivity contribution in [2.75, 3.05) is 7.11 Å². The molecule has 0 fully saturated rings. The lowest BCUT2D eigenvalue weighted by Crippen LogP contribution is -1.94. The lowest BCUT2D eigenvalue weighted by Gasteiger charge is -2.14. The van der Waals surface area contributed by atoms with E-state index < -0.39 is 0 Å². The summed E-state index contributed by atoms with van der Waals surface area (Å²) in [5.41, 5.74) is 4.73. The van der Waals surface area contributed by atoms with E-state index in [0.29, 0.717) is 5.92 Å². The van der Waals surface area contributed by atoms with Crippen molar-refractivity contribution in [3.8, 4) is 16.9 Å². The maximum Gasteiger partial charge on any atom is 0.127 e. The smallest absolute Gasteiger partial charge is 0.127 e. The van der Waals surface area contributed by atoms with Crippen LogP contribution in [0.2, 0.25) is 0 Å². The van der Waals surface area contributed by atoms with Crippen LogP contribution in [-0.4, -0.2) is 12.1 Å². The van der Waals surface area contributed by atoms with Gasteiger partial charge >= 0.3 is 0 Å². The second kappa shape index (κ2) is 5.21. The quantitative estimate of drug-likeness (QED) is 0.804. The molecule has 0 aliphatic carbocycles. The van der Waals surface area contributed by atoms with E-state index in [9.17, 15) is 0 Å². The second-order valence-electron chi connectivity index (χ2n) is 4.81. The summed E-state index contributed by atoms with van der Waals surface area (Å²) < 4.78 is 5.52. The molecule has 1 heterocycles. The molecule has 0 aliphatic rings. The SMILES string of the molecule is COc1cc(C(C)C)ccc1-c1cnccc1C. The van der Waals surface area contributed by atoms with Crippen LogP contribution in [0.3, 0.4) is 0 Å². The molecule has 0 radical (unpaired) electrons. The van der Waals surface area contributed by atoms with Gasteiger partial charge in [-0.3, -0.25) is 4.98 Å². The Balaban J connectivity index is 2.55.